The summed E-state index contributed by atoms with van der Waals surface area (Å²) in [6.07, 6.45) is 14.3. The molecule has 0 aliphatic heterocycles. The molecule has 0 spiro atoms. The number of hydrogen-bond donors (Lipinski definition) is 0. The fourth-order valence-electron chi connectivity index (χ4n) is 4.90. The Morgan fingerprint density at radius 2 is 1.26 bits per heavy atom. The van der Waals surface area contributed by atoms with E-state index in [0.717, 1.165) is 42.6 Å². The van der Waals surface area contributed by atoms with Crippen molar-refractivity contribution in [2.24, 2.45) is 0 Å². The average Bonchev–Trinajstić information content (AvgIpc) is 3.45. The first-order valence-electron chi connectivity index (χ1n) is 14.5. The van der Waals surface area contributed by atoms with Crippen LogP contribution in [0.2, 0.25) is 0 Å². The van der Waals surface area contributed by atoms with Crippen molar-refractivity contribution in [2.75, 3.05) is 0 Å². The molecular weight excluding hydrogens is 466 g/mol. The van der Waals surface area contributed by atoms with Gasteiger partial charge >= 0.3 is 0 Å². The lowest BCUT2D eigenvalue weighted by Crippen LogP contribution is -2.01. The van der Waals surface area contributed by atoms with Gasteiger partial charge in [-0.15, -0.1) is 0 Å². The summed E-state index contributed by atoms with van der Waals surface area (Å²) >= 11 is 0. The zero-order valence-corrected chi connectivity index (χ0v) is 22.9. The highest BCUT2D eigenvalue weighted by Gasteiger charge is 2.12. The molecule has 1 N–H and O–H groups in total. The lowest BCUT2D eigenvalue weighted by atomic mass is 9.97. The fourth-order valence-corrected chi connectivity index (χ4v) is 4.90. The lowest BCUT2D eigenvalue weighted by Gasteiger charge is -2.12. The molecule has 1 radical (unpaired) electrons. The Kier molecular flexibility index (Phi) is 11.1. The van der Waals surface area contributed by atoms with Gasteiger partial charge in [0.25, 0.3) is 5.89 Å². The summed E-state index contributed by atoms with van der Waals surface area (Å²) < 4.78 is 5.52. The van der Waals surface area contributed by atoms with Crippen molar-refractivity contribution in [3.8, 4) is 22.6 Å². The molecule has 0 aliphatic rings. The molecular formula is C34H42N3O. The average molecular weight is 509 g/mol. The van der Waals surface area contributed by atoms with E-state index in [9.17, 15) is 0 Å². The Labute approximate surface area is 228 Å². The molecule has 0 fully saturated rings. The lowest BCUT2D eigenvalue weighted by molar-refractivity contribution is 0.421. The quantitative estimate of drug-likeness (QED) is 0.142. The third-order valence-corrected chi connectivity index (χ3v) is 7.31. The Bertz CT molecular complexity index is 1180. The first-order valence-corrected chi connectivity index (χ1v) is 14.5. The van der Waals surface area contributed by atoms with E-state index < -0.39 is 0 Å². The van der Waals surface area contributed by atoms with Crippen molar-refractivity contribution in [2.45, 2.75) is 90.0 Å². The molecule has 4 heteroatoms. The van der Waals surface area contributed by atoms with Crippen LogP contribution in [0, 0.1) is 0 Å². The molecule has 0 bridgehead atoms. The van der Waals surface area contributed by atoms with Crippen LogP contribution in [-0.2, 0) is 12.8 Å². The minimum atomic E-state index is -0.261. The molecule has 4 nitrogen and oxygen atoms in total. The Morgan fingerprint density at radius 1 is 0.658 bits per heavy atom. The maximum absolute atomic E-state index is 8.63. The van der Waals surface area contributed by atoms with Crippen molar-refractivity contribution < 1.29 is 4.52 Å². The third kappa shape index (κ3) is 8.66. The van der Waals surface area contributed by atoms with E-state index in [1.54, 1.807) is 0 Å². The summed E-state index contributed by atoms with van der Waals surface area (Å²) in [5, 5.41) is 4.18. The van der Waals surface area contributed by atoms with Crippen molar-refractivity contribution in [3.63, 3.8) is 0 Å². The Balaban J connectivity index is 1.18. The van der Waals surface area contributed by atoms with Gasteiger partial charge < -0.3 is 4.52 Å². The van der Waals surface area contributed by atoms with E-state index in [4.69, 9.17) is 10.3 Å². The number of hydrogen-bond acceptors (Lipinski definition) is 3. The van der Waals surface area contributed by atoms with Gasteiger partial charge in [0.1, 0.15) is 0 Å². The molecule has 1 heterocycles. The Hall–Kier alpha value is -3.24. The van der Waals surface area contributed by atoms with Crippen LogP contribution >= 0.6 is 0 Å². The summed E-state index contributed by atoms with van der Waals surface area (Å²) in [4.78, 5) is 4.60. The molecule has 1 unspecified atom stereocenters. The van der Waals surface area contributed by atoms with Gasteiger partial charge in [-0.25, -0.2) is 5.73 Å². The van der Waals surface area contributed by atoms with Gasteiger partial charge in [-0.3, -0.25) is 0 Å². The molecule has 1 aromatic heterocycles. The molecule has 0 aliphatic carbocycles. The van der Waals surface area contributed by atoms with E-state index in [-0.39, 0.29) is 6.04 Å². The maximum atomic E-state index is 8.63. The van der Waals surface area contributed by atoms with Gasteiger partial charge in [0.15, 0.2) is 5.82 Å². The summed E-state index contributed by atoms with van der Waals surface area (Å²) in [7, 11) is 0. The van der Waals surface area contributed by atoms with Gasteiger partial charge in [0.05, 0.1) is 0 Å². The predicted molar refractivity (Wildman–Crippen MR) is 157 cm³/mol. The number of aromatic nitrogens is 2. The van der Waals surface area contributed by atoms with Crippen LogP contribution in [0.4, 0.5) is 0 Å². The number of nitrogens with zero attached hydrogens (tertiary/aromatic N) is 2. The highest BCUT2D eigenvalue weighted by molar-refractivity contribution is 5.63. The highest BCUT2D eigenvalue weighted by atomic mass is 16.5. The van der Waals surface area contributed by atoms with Crippen molar-refractivity contribution >= 4 is 0 Å². The third-order valence-electron chi connectivity index (χ3n) is 7.31. The van der Waals surface area contributed by atoms with Gasteiger partial charge in [0, 0.05) is 18.0 Å². The van der Waals surface area contributed by atoms with E-state index in [1.165, 1.54) is 68.1 Å². The number of nitrogens with one attached hydrogen (secondary N) is 1. The molecule has 4 rings (SSSR count). The molecule has 0 saturated heterocycles. The van der Waals surface area contributed by atoms with Crippen LogP contribution in [0.25, 0.3) is 22.6 Å². The van der Waals surface area contributed by atoms with E-state index in [0.29, 0.717) is 5.89 Å². The fraction of sp³-hybridized carbons (Fsp3) is 0.412. The summed E-state index contributed by atoms with van der Waals surface area (Å²) in [5.41, 5.74) is 14.3. The summed E-state index contributed by atoms with van der Waals surface area (Å²) in [6, 6.07) is 26.9. The van der Waals surface area contributed by atoms with Crippen LogP contribution in [0.5, 0.6) is 0 Å². The molecule has 4 aromatic rings. The standard InChI is InChI=1S/C34H42N3O/c1-2-3-4-5-6-7-8-9-13-16-33-36-34(38-37-33)31-24-22-30(23-25-31)32(35)26-19-27-17-20-29(21-18-27)28-14-11-10-12-15-28/h10-12,14-15,17-18,20-25,32,35H,2-9,13,16,19,26H2,1H3. The number of benzene rings is 3. The molecule has 38 heavy (non-hydrogen) atoms. The number of unbranched alkanes of at least 4 members (excludes halogenated alkanes) is 8. The van der Waals surface area contributed by atoms with E-state index >= 15 is 0 Å². The molecule has 0 saturated carbocycles. The van der Waals surface area contributed by atoms with Crippen LogP contribution in [-0.4, -0.2) is 10.1 Å². The molecule has 199 valence electrons. The second-order valence-electron chi connectivity index (χ2n) is 10.4. The number of rotatable bonds is 16. The van der Waals surface area contributed by atoms with Gasteiger partial charge in [-0.1, -0.05) is 130 Å². The minimum Gasteiger partial charge on any atom is -0.334 e. The summed E-state index contributed by atoms with van der Waals surface area (Å²) in [5.74, 6) is 1.37. The van der Waals surface area contributed by atoms with Gasteiger partial charge in [-0.05, 0) is 53.6 Å². The first kappa shape index (κ1) is 27.8. The zero-order chi connectivity index (χ0) is 26.4. The normalized spacial score (nSPS) is 12.1. The smallest absolute Gasteiger partial charge is 0.257 e. The highest BCUT2D eigenvalue weighted by Crippen LogP contribution is 2.25. The van der Waals surface area contributed by atoms with Crippen molar-refractivity contribution in [1.82, 2.24) is 15.9 Å². The minimum absolute atomic E-state index is 0.261. The molecule has 1 atom stereocenters. The van der Waals surface area contributed by atoms with Crippen molar-refractivity contribution in [1.29, 1.82) is 0 Å². The predicted octanol–water partition coefficient (Wildman–Crippen LogP) is 9.43. The van der Waals surface area contributed by atoms with Crippen molar-refractivity contribution in [3.05, 3.63) is 95.8 Å². The molecule has 0 amide bonds. The second-order valence-corrected chi connectivity index (χ2v) is 10.4. The van der Waals surface area contributed by atoms with Crippen LogP contribution in [0.3, 0.4) is 0 Å². The van der Waals surface area contributed by atoms with E-state index in [1.807, 2.05) is 30.3 Å². The monoisotopic (exact) mass is 508 g/mol. The number of aryl methyl sites for hydroxylation is 2. The van der Waals surface area contributed by atoms with E-state index in [2.05, 4.69) is 65.6 Å². The van der Waals surface area contributed by atoms with Gasteiger partial charge in [-0.2, -0.15) is 4.98 Å². The largest absolute Gasteiger partial charge is 0.334 e. The molecule has 3 aromatic carbocycles. The second kappa shape index (κ2) is 15.2. The SMILES string of the molecule is CCCCCCCCCCCc1noc(-c2ccc(C([NH])CCc3ccc(-c4ccccc4)cc3)cc2)n1. The van der Waals surface area contributed by atoms with Gasteiger partial charge in [0.2, 0.25) is 0 Å². The topological polar surface area (TPSA) is 62.7 Å². The first-order chi connectivity index (χ1) is 18.7. The van der Waals surface area contributed by atoms with Crippen LogP contribution in [0.15, 0.2) is 83.4 Å². The van der Waals surface area contributed by atoms with Crippen LogP contribution < -0.4 is 5.73 Å². The van der Waals surface area contributed by atoms with Crippen LogP contribution in [0.1, 0.15) is 94.1 Å². The zero-order valence-electron chi connectivity index (χ0n) is 22.9. The maximum Gasteiger partial charge on any atom is 0.257 e. The summed E-state index contributed by atoms with van der Waals surface area (Å²) in [6.45, 7) is 2.26. The Morgan fingerprint density at radius 3 is 1.95 bits per heavy atom.